The van der Waals surface area contributed by atoms with Gasteiger partial charge in [-0.1, -0.05) is 0 Å². The van der Waals surface area contributed by atoms with Crippen LogP contribution in [0.3, 0.4) is 0 Å². The molecule has 0 saturated carbocycles. The van der Waals surface area contributed by atoms with Crippen LogP contribution in [0.2, 0.25) is 0 Å². The molecule has 0 unspecified atom stereocenters. The van der Waals surface area contributed by atoms with E-state index in [4.69, 9.17) is 0 Å². The number of rotatable bonds is 6. The topological polar surface area (TPSA) is 86.9 Å². The SMILES string of the molecule is CNCc1n[nH]c(C)c1S(=O)(=O)NCCC(F)(F)F. The molecule has 1 heterocycles. The fourth-order valence-electron chi connectivity index (χ4n) is 1.51. The van der Waals surface area contributed by atoms with Gasteiger partial charge in [-0.25, -0.2) is 13.1 Å². The molecule has 0 spiro atoms. The molecule has 0 atom stereocenters. The maximum atomic E-state index is 12.0. The summed E-state index contributed by atoms with van der Waals surface area (Å²) in [5.41, 5.74) is 0.518. The molecule has 110 valence electrons. The molecule has 0 aliphatic carbocycles. The van der Waals surface area contributed by atoms with Gasteiger partial charge in [0.05, 0.1) is 17.8 Å². The Morgan fingerprint density at radius 3 is 2.53 bits per heavy atom. The number of hydrogen-bond donors (Lipinski definition) is 3. The van der Waals surface area contributed by atoms with Crippen LogP contribution in [0, 0.1) is 6.92 Å². The Morgan fingerprint density at radius 1 is 1.37 bits per heavy atom. The lowest BCUT2D eigenvalue weighted by atomic mass is 10.4. The second kappa shape index (κ2) is 5.88. The van der Waals surface area contributed by atoms with Crippen LogP contribution >= 0.6 is 0 Å². The number of aromatic nitrogens is 2. The van der Waals surface area contributed by atoms with Crippen molar-refractivity contribution in [2.24, 2.45) is 0 Å². The van der Waals surface area contributed by atoms with Crippen LogP contribution in [0.15, 0.2) is 4.90 Å². The van der Waals surface area contributed by atoms with Gasteiger partial charge in [-0.3, -0.25) is 5.10 Å². The second-order valence-corrected chi connectivity index (χ2v) is 5.62. The molecule has 19 heavy (non-hydrogen) atoms. The van der Waals surface area contributed by atoms with Gasteiger partial charge in [0.15, 0.2) is 0 Å². The zero-order valence-corrected chi connectivity index (χ0v) is 11.2. The van der Waals surface area contributed by atoms with E-state index in [1.54, 1.807) is 7.05 Å². The molecule has 3 N–H and O–H groups in total. The minimum atomic E-state index is -4.40. The van der Waals surface area contributed by atoms with Gasteiger partial charge in [0, 0.05) is 13.1 Å². The normalized spacial score (nSPS) is 12.9. The van der Waals surface area contributed by atoms with Crippen molar-refractivity contribution >= 4 is 10.0 Å². The lowest BCUT2D eigenvalue weighted by molar-refractivity contribution is -0.132. The van der Waals surface area contributed by atoms with E-state index in [1.165, 1.54) is 6.92 Å². The second-order valence-electron chi connectivity index (χ2n) is 3.92. The number of sulfonamides is 1. The first kappa shape index (κ1) is 15.9. The average Bonchev–Trinajstić information content (AvgIpc) is 2.58. The van der Waals surface area contributed by atoms with E-state index in [0.717, 1.165) is 0 Å². The number of hydrogen-bond acceptors (Lipinski definition) is 4. The standard InChI is InChI=1S/C9H15F3N4O2S/c1-6-8(7(5-13-2)16-15-6)19(17,18)14-4-3-9(10,11)12/h13-14H,3-5H2,1-2H3,(H,15,16). The third-order valence-electron chi connectivity index (χ3n) is 2.27. The summed E-state index contributed by atoms with van der Waals surface area (Å²) in [5.74, 6) is 0. The van der Waals surface area contributed by atoms with Crippen LogP contribution in [-0.2, 0) is 16.6 Å². The highest BCUT2D eigenvalue weighted by Crippen LogP contribution is 2.20. The van der Waals surface area contributed by atoms with Crippen molar-refractivity contribution in [2.45, 2.75) is 31.0 Å². The predicted molar refractivity (Wildman–Crippen MR) is 61.9 cm³/mol. The summed E-state index contributed by atoms with van der Waals surface area (Å²) in [5, 5.41) is 9.04. The van der Waals surface area contributed by atoms with Crippen LogP contribution in [0.4, 0.5) is 13.2 Å². The van der Waals surface area contributed by atoms with Crippen LogP contribution < -0.4 is 10.0 Å². The van der Waals surface area contributed by atoms with Gasteiger partial charge in [-0.05, 0) is 14.0 Å². The quantitative estimate of drug-likeness (QED) is 0.720. The Labute approximate surface area is 108 Å². The number of aryl methyl sites for hydroxylation is 1. The van der Waals surface area contributed by atoms with Crippen molar-refractivity contribution < 1.29 is 21.6 Å². The first-order valence-electron chi connectivity index (χ1n) is 5.42. The molecule has 0 aliphatic heterocycles. The Hall–Kier alpha value is -1.13. The van der Waals surface area contributed by atoms with Crippen LogP contribution in [0.1, 0.15) is 17.8 Å². The highest BCUT2D eigenvalue weighted by atomic mass is 32.2. The summed E-state index contributed by atoms with van der Waals surface area (Å²) < 4.78 is 61.7. The maximum Gasteiger partial charge on any atom is 0.390 e. The summed E-state index contributed by atoms with van der Waals surface area (Å²) in [6.45, 7) is 0.986. The Kier molecular flexibility index (Phi) is 4.93. The Bertz CT molecular complexity index is 524. The Balaban J connectivity index is 2.85. The van der Waals surface area contributed by atoms with Crippen molar-refractivity contribution in [3.8, 4) is 0 Å². The summed E-state index contributed by atoms with van der Waals surface area (Å²) in [6.07, 6.45) is -5.62. The fraction of sp³-hybridized carbons (Fsp3) is 0.667. The number of nitrogens with one attached hydrogen (secondary N) is 3. The molecule has 0 saturated heterocycles. The van der Waals surface area contributed by atoms with Crippen molar-refractivity contribution in [1.82, 2.24) is 20.2 Å². The van der Waals surface area contributed by atoms with E-state index < -0.39 is 29.2 Å². The number of alkyl halides is 3. The van der Waals surface area contributed by atoms with Gasteiger partial charge < -0.3 is 5.32 Å². The molecule has 0 aromatic carbocycles. The lowest BCUT2D eigenvalue weighted by Crippen LogP contribution is -2.29. The minimum absolute atomic E-state index is 0.107. The van der Waals surface area contributed by atoms with Crippen molar-refractivity contribution in [3.05, 3.63) is 11.4 Å². The molecule has 0 aliphatic rings. The number of nitrogens with zero attached hydrogens (tertiary/aromatic N) is 1. The molecular formula is C9H15F3N4O2S. The van der Waals surface area contributed by atoms with Crippen molar-refractivity contribution in [1.29, 1.82) is 0 Å². The monoisotopic (exact) mass is 300 g/mol. The highest BCUT2D eigenvalue weighted by Gasteiger charge is 2.29. The molecule has 1 aromatic heterocycles. The molecule has 1 rings (SSSR count). The number of H-pyrrole nitrogens is 1. The summed E-state index contributed by atoms with van der Waals surface area (Å²) >= 11 is 0. The van der Waals surface area contributed by atoms with Gasteiger partial charge in [0.1, 0.15) is 4.90 Å². The summed E-state index contributed by atoms with van der Waals surface area (Å²) in [7, 11) is -2.40. The van der Waals surface area contributed by atoms with E-state index in [9.17, 15) is 21.6 Å². The zero-order chi connectivity index (χ0) is 14.7. The van der Waals surface area contributed by atoms with Crippen molar-refractivity contribution in [3.63, 3.8) is 0 Å². The first-order chi connectivity index (χ1) is 8.67. The zero-order valence-electron chi connectivity index (χ0n) is 10.4. The van der Waals surface area contributed by atoms with E-state index in [0.29, 0.717) is 0 Å². The van der Waals surface area contributed by atoms with Crippen LogP contribution in [-0.4, -0.2) is 38.4 Å². The molecule has 0 radical (unpaired) electrons. The van der Waals surface area contributed by atoms with Gasteiger partial charge in [0.25, 0.3) is 0 Å². The fourth-order valence-corrected chi connectivity index (χ4v) is 2.90. The summed E-state index contributed by atoms with van der Waals surface area (Å²) in [4.78, 5) is -0.107. The molecule has 0 amide bonds. The van der Waals surface area contributed by atoms with Gasteiger partial charge in [-0.15, -0.1) is 0 Å². The van der Waals surface area contributed by atoms with Crippen LogP contribution in [0.5, 0.6) is 0 Å². The highest BCUT2D eigenvalue weighted by molar-refractivity contribution is 7.89. The van der Waals surface area contributed by atoms with E-state index >= 15 is 0 Å². The van der Waals surface area contributed by atoms with E-state index in [-0.39, 0.29) is 22.8 Å². The van der Waals surface area contributed by atoms with Gasteiger partial charge in [0.2, 0.25) is 10.0 Å². The molecule has 0 fully saturated rings. The average molecular weight is 300 g/mol. The maximum absolute atomic E-state index is 12.0. The lowest BCUT2D eigenvalue weighted by Gasteiger charge is -2.09. The molecule has 1 aromatic rings. The Morgan fingerprint density at radius 2 is 2.00 bits per heavy atom. The third kappa shape index (κ3) is 4.48. The number of halogens is 3. The van der Waals surface area contributed by atoms with E-state index in [2.05, 4.69) is 15.5 Å². The number of aromatic amines is 1. The predicted octanol–water partition coefficient (Wildman–Crippen LogP) is 0.668. The molecular weight excluding hydrogens is 285 g/mol. The smallest absolute Gasteiger partial charge is 0.314 e. The van der Waals surface area contributed by atoms with Gasteiger partial charge in [-0.2, -0.15) is 18.3 Å². The summed E-state index contributed by atoms with van der Waals surface area (Å²) in [6, 6.07) is 0. The molecule has 0 bridgehead atoms. The van der Waals surface area contributed by atoms with Crippen LogP contribution in [0.25, 0.3) is 0 Å². The molecule has 10 heteroatoms. The molecule has 6 nitrogen and oxygen atoms in total. The third-order valence-corrected chi connectivity index (χ3v) is 3.94. The largest absolute Gasteiger partial charge is 0.390 e. The van der Waals surface area contributed by atoms with E-state index in [1.807, 2.05) is 4.72 Å². The van der Waals surface area contributed by atoms with Crippen molar-refractivity contribution in [2.75, 3.05) is 13.6 Å². The first-order valence-corrected chi connectivity index (χ1v) is 6.90. The minimum Gasteiger partial charge on any atom is -0.314 e. The van der Waals surface area contributed by atoms with Gasteiger partial charge >= 0.3 is 6.18 Å².